The minimum Gasteiger partial charge on any atom is -0.364 e. The molecular formula is C11H15Cl2N5O. The van der Waals surface area contributed by atoms with Crippen LogP contribution < -0.4 is 16.6 Å². The van der Waals surface area contributed by atoms with Crippen molar-refractivity contribution in [1.82, 2.24) is 9.88 Å². The lowest BCUT2D eigenvalue weighted by Gasteiger charge is -2.30. The number of amides is 1. The molecule has 2 rings (SSSR count). The molecule has 1 atom stereocenters. The van der Waals surface area contributed by atoms with Gasteiger partial charge in [0.05, 0.1) is 10.0 Å². The molecule has 0 saturated carbocycles. The number of rotatable bonds is 3. The summed E-state index contributed by atoms with van der Waals surface area (Å²) in [6.45, 7) is 0.616. The highest BCUT2D eigenvalue weighted by molar-refractivity contribution is 6.37. The van der Waals surface area contributed by atoms with Gasteiger partial charge >= 0.3 is 0 Å². The molecule has 0 aliphatic carbocycles. The van der Waals surface area contributed by atoms with E-state index in [1.54, 1.807) is 18.0 Å². The molecule has 1 saturated heterocycles. The molecule has 0 aromatic carbocycles. The molecule has 8 heteroatoms. The Hall–Kier alpha value is -1.24. The molecule has 1 aromatic rings. The van der Waals surface area contributed by atoms with Crippen LogP contribution in [0.3, 0.4) is 0 Å². The lowest BCUT2D eigenvalue weighted by atomic mass is 10.1. The third-order valence-corrected chi connectivity index (χ3v) is 3.61. The summed E-state index contributed by atoms with van der Waals surface area (Å²) in [4.78, 5) is 17.3. The smallest absolute Gasteiger partial charge is 0.222 e. The minimum atomic E-state index is 0.111. The first-order valence-corrected chi connectivity index (χ1v) is 6.60. The van der Waals surface area contributed by atoms with E-state index in [1.165, 1.54) is 0 Å². The third-order valence-electron chi connectivity index (χ3n) is 3.03. The predicted octanol–water partition coefficient (Wildman–Crippen LogP) is 1.71. The number of pyridine rings is 1. The molecule has 1 fully saturated rings. The molecule has 0 radical (unpaired) electrons. The number of piperidine rings is 1. The fourth-order valence-corrected chi connectivity index (χ4v) is 2.46. The number of carbonyl (C=O) groups excluding carboxylic acids is 1. The number of nitrogens with one attached hydrogen (secondary N) is 2. The lowest BCUT2D eigenvalue weighted by Crippen LogP contribution is -2.43. The topological polar surface area (TPSA) is 83.3 Å². The Labute approximate surface area is 121 Å². The first-order chi connectivity index (χ1) is 9.01. The summed E-state index contributed by atoms with van der Waals surface area (Å²) in [6, 6.07) is 1.69. The number of nitrogens with zero attached hydrogens (tertiary/aromatic N) is 2. The third kappa shape index (κ3) is 3.20. The maximum atomic E-state index is 11.4. The highest BCUT2D eigenvalue weighted by Crippen LogP contribution is 2.29. The summed E-state index contributed by atoms with van der Waals surface area (Å²) >= 11 is 12.0. The number of aromatic nitrogens is 1. The molecule has 4 N–H and O–H groups in total. The van der Waals surface area contributed by atoms with Gasteiger partial charge < -0.3 is 15.6 Å². The van der Waals surface area contributed by atoms with Crippen LogP contribution in [-0.2, 0) is 4.79 Å². The van der Waals surface area contributed by atoms with Crippen molar-refractivity contribution in [3.8, 4) is 0 Å². The second-order valence-electron chi connectivity index (χ2n) is 4.45. The summed E-state index contributed by atoms with van der Waals surface area (Å²) in [5, 5.41) is 3.99. The quantitative estimate of drug-likeness (QED) is 0.585. The molecule has 104 valence electrons. The Morgan fingerprint density at radius 1 is 1.42 bits per heavy atom. The van der Waals surface area contributed by atoms with Crippen LogP contribution in [-0.4, -0.2) is 35.4 Å². The van der Waals surface area contributed by atoms with E-state index in [0.717, 1.165) is 6.42 Å². The van der Waals surface area contributed by atoms with Crippen LogP contribution in [0.25, 0.3) is 0 Å². The molecule has 6 nitrogen and oxygen atoms in total. The summed E-state index contributed by atoms with van der Waals surface area (Å²) < 4.78 is 0. The van der Waals surface area contributed by atoms with E-state index in [1.807, 2.05) is 0 Å². The number of likely N-dealkylation sites (tertiary alicyclic amines) is 1. The predicted molar refractivity (Wildman–Crippen MR) is 76.3 cm³/mol. The van der Waals surface area contributed by atoms with Gasteiger partial charge in [-0.05, 0) is 12.5 Å². The average molecular weight is 304 g/mol. The summed E-state index contributed by atoms with van der Waals surface area (Å²) in [7, 11) is 1.78. The second-order valence-corrected chi connectivity index (χ2v) is 5.26. The van der Waals surface area contributed by atoms with Crippen LogP contribution in [0.5, 0.6) is 0 Å². The Balaban J connectivity index is 2.13. The van der Waals surface area contributed by atoms with Crippen LogP contribution in [0.15, 0.2) is 6.07 Å². The molecule has 1 unspecified atom stereocenters. The van der Waals surface area contributed by atoms with Gasteiger partial charge in [-0.1, -0.05) is 23.2 Å². The highest BCUT2D eigenvalue weighted by Gasteiger charge is 2.23. The second kappa shape index (κ2) is 5.81. The molecule has 1 aliphatic rings. The monoisotopic (exact) mass is 303 g/mol. The van der Waals surface area contributed by atoms with Crippen molar-refractivity contribution in [1.29, 1.82) is 0 Å². The summed E-state index contributed by atoms with van der Waals surface area (Å²) in [6.07, 6.45) is 1.26. The first kappa shape index (κ1) is 14.2. The standard InChI is InChI=1S/C11H15Cl2N5O/c1-18-5-6(2-3-9(18)19)15-10-7(12)4-8(13)11(16-10)17-14/h4,6H,2-3,5,14H2,1H3,(H2,15,16,17). The number of hydrogen-bond acceptors (Lipinski definition) is 5. The molecule has 1 aliphatic heterocycles. The largest absolute Gasteiger partial charge is 0.364 e. The zero-order valence-electron chi connectivity index (χ0n) is 10.4. The molecule has 2 heterocycles. The fraction of sp³-hybridized carbons (Fsp3) is 0.455. The molecule has 1 amide bonds. The van der Waals surface area contributed by atoms with Gasteiger partial charge in [-0.2, -0.15) is 0 Å². The molecule has 1 aromatic heterocycles. The van der Waals surface area contributed by atoms with Crippen LogP contribution in [0.2, 0.25) is 10.0 Å². The van der Waals surface area contributed by atoms with E-state index in [-0.39, 0.29) is 11.9 Å². The Kier molecular flexibility index (Phi) is 4.34. The van der Waals surface area contributed by atoms with Gasteiger partial charge in [-0.25, -0.2) is 10.8 Å². The van der Waals surface area contributed by atoms with Crippen molar-refractivity contribution < 1.29 is 4.79 Å². The van der Waals surface area contributed by atoms with Gasteiger partial charge in [0.2, 0.25) is 5.91 Å². The van der Waals surface area contributed by atoms with Crippen molar-refractivity contribution in [2.24, 2.45) is 5.84 Å². The van der Waals surface area contributed by atoms with Crippen molar-refractivity contribution in [2.75, 3.05) is 24.3 Å². The number of likely N-dealkylation sites (N-methyl/N-ethyl adjacent to an activating group) is 1. The van der Waals surface area contributed by atoms with Gasteiger partial charge in [0, 0.05) is 26.1 Å². The zero-order valence-corrected chi connectivity index (χ0v) is 11.9. The van der Waals surface area contributed by atoms with Gasteiger partial charge in [0.1, 0.15) is 5.82 Å². The maximum Gasteiger partial charge on any atom is 0.222 e. The molecule has 0 bridgehead atoms. The maximum absolute atomic E-state index is 11.4. The van der Waals surface area contributed by atoms with E-state index >= 15 is 0 Å². The fourth-order valence-electron chi connectivity index (χ4n) is 1.99. The first-order valence-electron chi connectivity index (χ1n) is 5.84. The van der Waals surface area contributed by atoms with Crippen LogP contribution in [0.1, 0.15) is 12.8 Å². The zero-order chi connectivity index (χ0) is 14.0. The summed E-state index contributed by atoms with van der Waals surface area (Å²) in [5.41, 5.74) is 2.41. The number of hydrazine groups is 1. The van der Waals surface area contributed by atoms with Crippen LogP contribution >= 0.6 is 23.2 Å². The summed E-state index contributed by atoms with van der Waals surface area (Å²) in [5.74, 6) is 6.33. The Morgan fingerprint density at radius 2 is 2.11 bits per heavy atom. The average Bonchev–Trinajstić information content (AvgIpc) is 2.37. The molecular weight excluding hydrogens is 289 g/mol. The number of nitrogens with two attached hydrogens (primary N) is 1. The van der Waals surface area contributed by atoms with Crippen molar-refractivity contribution in [2.45, 2.75) is 18.9 Å². The normalized spacial score (nSPS) is 19.5. The van der Waals surface area contributed by atoms with Gasteiger partial charge in [0.15, 0.2) is 5.82 Å². The van der Waals surface area contributed by atoms with E-state index in [0.29, 0.717) is 34.6 Å². The molecule has 0 spiro atoms. The van der Waals surface area contributed by atoms with E-state index in [2.05, 4.69) is 15.7 Å². The highest BCUT2D eigenvalue weighted by atomic mass is 35.5. The number of carbonyl (C=O) groups is 1. The number of halogens is 2. The van der Waals surface area contributed by atoms with Crippen molar-refractivity contribution >= 4 is 40.7 Å². The van der Waals surface area contributed by atoms with Gasteiger partial charge in [-0.3, -0.25) is 4.79 Å². The number of nitrogen functional groups attached to an aromatic ring is 1. The van der Waals surface area contributed by atoms with Crippen LogP contribution in [0.4, 0.5) is 11.6 Å². The minimum absolute atomic E-state index is 0.111. The Morgan fingerprint density at radius 3 is 2.74 bits per heavy atom. The van der Waals surface area contributed by atoms with E-state index in [4.69, 9.17) is 29.0 Å². The van der Waals surface area contributed by atoms with Crippen molar-refractivity contribution in [3.05, 3.63) is 16.1 Å². The van der Waals surface area contributed by atoms with Crippen LogP contribution in [0, 0.1) is 0 Å². The molecule has 19 heavy (non-hydrogen) atoms. The van der Waals surface area contributed by atoms with E-state index in [9.17, 15) is 4.79 Å². The number of anilines is 2. The van der Waals surface area contributed by atoms with Crippen molar-refractivity contribution in [3.63, 3.8) is 0 Å². The van der Waals surface area contributed by atoms with Gasteiger partial charge in [0.25, 0.3) is 0 Å². The lowest BCUT2D eigenvalue weighted by molar-refractivity contribution is -0.132. The number of hydrogen-bond donors (Lipinski definition) is 3. The van der Waals surface area contributed by atoms with Gasteiger partial charge in [-0.15, -0.1) is 0 Å². The van der Waals surface area contributed by atoms with E-state index < -0.39 is 0 Å². The SMILES string of the molecule is CN1CC(Nc2nc(NN)c(Cl)cc2Cl)CCC1=O. The Bertz CT molecular complexity index is 496.